The van der Waals surface area contributed by atoms with Gasteiger partial charge in [-0.1, -0.05) is 11.6 Å². The monoisotopic (exact) mass is 282 g/mol. The summed E-state index contributed by atoms with van der Waals surface area (Å²) in [4.78, 5) is 11.7. The van der Waals surface area contributed by atoms with Crippen LogP contribution in [0.3, 0.4) is 0 Å². The summed E-state index contributed by atoms with van der Waals surface area (Å²) < 4.78 is 1.73. The van der Waals surface area contributed by atoms with Crippen LogP contribution in [0.5, 0.6) is 0 Å². The number of benzene rings is 1. The molecule has 1 aromatic heterocycles. The Morgan fingerprint density at radius 2 is 1.89 bits per heavy atom. The molecule has 2 rings (SSSR count). The van der Waals surface area contributed by atoms with Crippen LogP contribution in [0.25, 0.3) is 5.69 Å². The highest BCUT2D eigenvalue weighted by molar-refractivity contribution is 6.31. The lowest BCUT2D eigenvalue weighted by Crippen LogP contribution is -2.04. The van der Waals surface area contributed by atoms with Crippen molar-refractivity contribution < 1.29 is 4.79 Å². The van der Waals surface area contributed by atoms with Crippen molar-refractivity contribution in [3.8, 4) is 5.69 Å². The van der Waals surface area contributed by atoms with Crippen molar-refractivity contribution in [2.45, 2.75) is 13.8 Å². The molecule has 0 aliphatic rings. The molecular formula is C13H12Cl2N2O. The van der Waals surface area contributed by atoms with Crippen LogP contribution in [0.2, 0.25) is 5.02 Å². The van der Waals surface area contributed by atoms with Gasteiger partial charge in [-0.2, -0.15) is 5.10 Å². The van der Waals surface area contributed by atoms with Crippen LogP contribution >= 0.6 is 23.2 Å². The van der Waals surface area contributed by atoms with Crippen LogP contribution in [-0.4, -0.2) is 21.4 Å². The van der Waals surface area contributed by atoms with E-state index in [0.29, 0.717) is 16.3 Å². The average Bonchev–Trinajstić information content (AvgIpc) is 2.65. The summed E-state index contributed by atoms with van der Waals surface area (Å²) >= 11 is 11.4. The molecule has 0 saturated heterocycles. The van der Waals surface area contributed by atoms with E-state index in [2.05, 4.69) is 5.10 Å². The second-order valence-corrected chi connectivity index (χ2v) is 4.69. The van der Waals surface area contributed by atoms with Crippen LogP contribution in [0, 0.1) is 13.8 Å². The van der Waals surface area contributed by atoms with Gasteiger partial charge in [0.2, 0.25) is 0 Å². The maximum absolute atomic E-state index is 11.7. The number of rotatable bonds is 3. The smallest absolute Gasteiger partial charge is 0.181 e. The van der Waals surface area contributed by atoms with Gasteiger partial charge in [0.15, 0.2) is 5.78 Å². The number of halogens is 2. The van der Waals surface area contributed by atoms with Crippen molar-refractivity contribution in [2.75, 3.05) is 5.88 Å². The molecule has 1 aromatic carbocycles. The van der Waals surface area contributed by atoms with Crippen molar-refractivity contribution in [2.24, 2.45) is 0 Å². The molecule has 0 saturated carbocycles. The van der Waals surface area contributed by atoms with E-state index in [4.69, 9.17) is 23.2 Å². The molecule has 0 fully saturated rings. The highest BCUT2D eigenvalue weighted by Crippen LogP contribution is 2.20. The van der Waals surface area contributed by atoms with Gasteiger partial charge in [-0.15, -0.1) is 11.6 Å². The molecule has 0 N–H and O–H groups in total. The van der Waals surface area contributed by atoms with E-state index >= 15 is 0 Å². The predicted octanol–water partition coefficient (Wildman–Crippen LogP) is 3.56. The summed E-state index contributed by atoms with van der Waals surface area (Å²) in [6, 6.07) is 7.29. The number of hydrogen-bond acceptors (Lipinski definition) is 2. The Morgan fingerprint density at radius 1 is 1.28 bits per heavy atom. The van der Waals surface area contributed by atoms with Crippen molar-refractivity contribution in [1.29, 1.82) is 0 Å². The van der Waals surface area contributed by atoms with Gasteiger partial charge in [-0.3, -0.25) is 4.79 Å². The summed E-state index contributed by atoms with van der Waals surface area (Å²) in [5, 5.41) is 5.04. The molecule has 0 radical (unpaired) electrons. The first-order chi connectivity index (χ1) is 8.54. The van der Waals surface area contributed by atoms with Crippen molar-refractivity contribution in [1.82, 2.24) is 9.78 Å². The zero-order valence-electron chi connectivity index (χ0n) is 10.1. The Morgan fingerprint density at radius 3 is 2.44 bits per heavy atom. The lowest BCUT2D eigenvalue weighted by molar-refractivity contribution is 0.102. The van der Waals surface area contributed by atoms with Crippen LogP contribution in [0.4, 0.5) is 0 Å². The van der Waals surface area contributed by atoms with Crippen LogP contribution in [-0.2, 0) is 0 Å². The topological polar surface area (TPSA) is 34.9 Å². The highest BCUT2D eigenvalue weighted by atomic mass is 35.5. The van der Waals surface area contributed by atoms with Crippen LogP contribution in [0.15, 0.2) is 24.3 Å². The van der Waals surface area contributed by atoms with Gasteiger partial charge in [0.1, 0.15) is 0 Å². The van der Waals surface area contributed by atoms with Gasteiger partial charge >= 0.3 is 0 Å². The van der Waals surface area contributed by atoms with E-state index in [1.54, 1.807) is 23.7 Å². The summed E-state index contributed by atoms with van der Waals surface area (Å²) in [6.45, 7) is 3.66. The number of carbonyl (C=O) groups excluding carboxylic acids is 1. The quantitative estimate of drug-likeness (QED) is 0.637. The Bertz CT molecular complexity index is 588. The molecule has 0 unspecified atom stereocenters. The lowest BCUT2D eigenvalue weighted by Gasteiger charge is -2.04. The second-order valence-electron chi connectivity index (χ2n) is 3.99. The molecule has 3 nitrogen and oxygen atoms in total. The zero-order valence-corrected chi connectivity index (χ0v) is 11.6. The highest BCUT2D eigenvalue weighted by Gasteiger charge is 2.18. The van der Waals surface area contributed by atoms with Gasteiger partial charge in [-0.25, -0.2) is 4.68 Å². The number of alkyl halides is 1. The van der Waals surface area contributed by atoms with E-state index in [1.807, 2.05) is 19.1 Å². The van der Waals surface area contributed by atoms with E-state index in [1.165, 1.54) is 0 Å². The molecule has 0 amide bonds. The largest absolute Gasteiger partial charge is 0.293 e. The number of carbonyl (C=O) groups is 1. The summed E-state index contributed by atoms with van der Waals surface area (Å²) in [5.41, 5.74) is 2.95. The molecule has 1 heterocycles. The maximum atomic E-state index is 11.7. The molecule has 0 bridgehead atoms. The van der Waals surface area contributed by atoms with Crippen molar-refractivity contribution in [3.63, 3.8) is 0 Å². The number of aromatic nitrogens is 2. The fourth-order valence-corrected chi connectivity index (χ4v) is 2.21. The van der Waals surface area contributed by atoms with Gasteiger partial charge in [0.05, 0.1) is 28.5 Å². The van der Waals surface area contributed by atoms with E-state index in [-0.39, 0.29) is 11.7 Å². The number of aryl methyl sites for hydroxylation is 1. The molecule has 5 heteroatoms. The normalized spacial score (nSPS) is 10.7. The number of nitrogens with zero attached hydrogens (tertiary/aromatic N) is 2. The first kappa shape index (κ1) is 13.1. The molecule has 0 spiro atoms. The molecule has 18 heavy (non-hydrogen) atoms. The molecule has 0 atom stereocenters. The Kier molecular flexibility index (Phi) is 3.73. The second kappa shape index (κ2) is 5.12. The Balaban J connectivity index is 2.53. The standard InChI is InChI=1S/C13H12Cl2N2O/c1-8-13(12(18)7-14)9(2)17(16-8)11-5-3-10(15)4-6-11/h3-6H,7H2,1-2H3. The van der Waals surface area contributed by atoms with E-state index in [9.17, 15) is 4.79 Å². The third-order valence-corrected chi connectivity index (χ3v) is 3.26. The van der Waals surface area contributed by atoms with E-state index in [0.717, 1.165) is 11.4 Å². The van der Waals surface area contributed by atoms with Gasteiger partial charge in [0, 0.05) is 5.02 Å². The van der Waals surface area contributed by atoms with Crippen molar-refractivity contribution in [3.05, 3.63) is 46.2 Å². The minimum atomic E-state index is -0.105. The fourth-order valence-electron chi connectivity index (χ4n) is 1.95. The Labute approximate surface area is 115 Å². The third-order valence-electron chi connectivity index (χ3n) is 2.76. The number of hydrogen-bond donors (Lipinski definition) is 0. The SMILES string of the molecule is Cc1nn(-c2ccc(Cl)cc2)c(C)c1C(=O)CCl. The summed E-state index contributed by atoms with van der Waals surface area (Å²) in [5.74, 6) is -0.138. The molecule has 0 aliphatic heterocycles. The molecule has 0 aliphatic carbocycles. The minimum Gasteiger partial charge on any atom is -0.293 e. The minimum absolute atomic E-state index is 0.0337. The van der Waals surface area contributed by atoms with E-state index < -0.39 is 0 Å². The summed E-state index contributed by atoms with van der Waals surface area (Å²) in [6.07, 6.45) is 0. The molecule has 94 valence electrons. The number of ketones is 1. The van der Waals surface area contributed by atoms with Crippen molar-refractivity contribution >= 4 is 29.0 Å². The Hall–Kier alpha value is -1.32. The predicted molar refractivity (Wildman–Crippen MR) is 73.1 cm³/mol. The van der Waals surface area contributed by atoms with Crippen LogP contribution in [0.1, 0.15) is 21.7 Å². The number of Topliss-reactive ketones (excluding diaryl/α,β-unsaturated/α-hetero) is 1. The van der Waals surface area contributed by atoms with Crippen LogP contribution < -0.4 is 0 Å². The lowest BCUT2D eigenvalue weighted by atomic mass is 10.1. The molecule has 2 aromatic rings. The first-order valence-corrected chi connectivity index (χ1v) is 6.37. The summed E-state index contributed by atoms with van der Waals surface area (Å²) in [7, 11) is 0. The average molecular weight is 283 g/mol. The van der Waals surface area contributed by atoms with Gasteiger partial charge in [0.25, 0.3) is 0 Å². The molecular weight excluding hydrogens is 271 g/mol. The fraction of sp³-hybridized carbons (Fsp3) is 0.231. The first-order valence-electron chi connectivity index (χ1n) is 5.46. The zero-order chi connectivity index (χ0) is 13.3. The third kappa shape index (κ3) is 2.28. The van der Waals surface area contributed by atoms with Gasteiger partial charge < -0.3 is 0 Å². The van der Waals surface area contributed by atoms with Gasteiger partial charge in [-0.05, 0) is 38.1 Å². The maximum Gasteiger partial charge on any atom is 0.181 e.